The quantitative estimate of drug-likeness (QED) is 0.828. The highest BCUT2D eigenvalue weighted by atomic mass is 35.5. The van der Waals surface area contributed by atoms with Crippen LogP contribution in [0.4, 0.5) is 0 Å². The molecule has 0 fully saturated rings. The number of nitrogens with zero attached hydrogens (tertiary/aromatic N) is 3. The maximum Gasteiger partial charge on any atom is 0.129 e. The van der Waals surface area contributed by atoms with E-state index in [1.807, 2.05) is 26.2 Å². The summed E-state index contributed by atoms with van der Waals surface area (Å²) >= 11 is 5.77. The third-order valence-electron chi connectivity index (χ3n) is 3.33. The van der Waals surface area contributed by atoms with E-state index < -0.39 is 5.60 Å². The highest BCUT2D eigenvalue weighted by molar-refractivity contribution is 6.29. The molecule has 20 heavy (non-hydrogen) atoms. The van der Waals surface area contributed by atoms with Crippen LogP contribution in [0.25, 0.3) is 0 Å². The van der Waals surface area contributed by atoms with Crippen molar-refractivity contribution in [3.8, 4) is 0 Å². The summed E-state index contributed by atoms with van der Waals surface area (Å²) in [5.74, 6) is 0. The smallest absolute Gasteiger partial charge is 0.129 e. The Morgan fingerprint density at radius 2 is 2.20 bits per heavy atom. The number of hydrogen-bond donors (Lipinski definition) is 2. The van der Waals surface area contributed by atoms with Gasteiger partial charge in [0.2, 0.25) is 0 Å². The van der Waals surface area contributed by atoms with Crippen molar-refractivity contribution in [1.29, 1.82) is 0 Å². The molecule has 2 aromatic heterocycles. The van der Waals surface area contributed by atoms with Crippen LogP contribution in [0.3, 0.4) is 0 Å². The van der Waals surface area contributed by atoms with E-state index in [-0.39, 0.29) is 6.04 Å². The van der Waals surface area contributed by atoms with Crippen LogP contribution in [0.5, 0.6) is 0 Å². The molecule has 5 nitrogen and oxygen atoms in total. The number of aromatic nitrogens is 3. The summed E-state index contributed by atoms with van der Waals surface area (Å²) in [6, 6.07) is 3.75. The van der Waals surface area contributed by atoms with Crippen LogP contribution < -0.4 is 5.32 Å². The summed E-state index contributed by atoms with van der Waals surface area (Å²) in [4.78, 5) is 4.06. The van der Waals surface area contributed by atoms with Crippen molar-refractivity contribution < 1.29 is 5.11 Å². The van der Waals surface area contributed by atoms with Gasteiger partial charge in [-0.25, -0.2) is 4.98 Å². The summed E-state index contributed by atoms with van der Waals surface area (Å²) in [5, 5.41) is 18.3. The monoisotopic (exact) mass is 294 g/mol. The molecule has 0 radical (unpaired) electrons. The second-order valence-electron chi connectivity index (χ2n) is 5.19. The highest BCUT2D eigenvalue weighted by Crippen LogP contribution is 2.20. The zero-order valence-corrected chi connectivity index (χ0v) is 12.6. The van der Waals surface area contributed by atoms with Gasteiger partial charge in [-0.1, -0.05) is 17.7 Å². The lowest BCUT2D eigenvalue weighted by atomic mass is 9.99. The SMILES string of the molecule is C[C@@H](NC[C@@](C)(O)c1cnn(C)c1)c1ccc(Cl)nc1. The van der Waals surface area contributed by atoms with Crippen LogP contribution in [0.2, 0.25) is 5.15 Å². The molecule has 2 atom stereocenters. The van der Waals surface area contributed by atoms with Crippen LogP contribution in [0, 0.1) is 0 Å². The van der Waals surface area contributed by atoms with Crippen molar-refractivity contribution in [2.75, 3.05) is 6.54 Å². The van der Waals surface area contributed by atoms with Crippen molar-refractivity contribution in [3.63, 3.8) is 0 Å². The Morgan fingerprint density at radius 3 is 2.75 bits per heavy atom. The molecule has 2 heterocycles. The highest BCUT2D eigenvalue weighted by Gasteiger charge is 2.25. The van der Waals surface area contributed by atoms with Gasteiger partial charge in [-0.2, -0.15) is 5.10 Å². The number of rotatable bonds is 5. The summed E-state index contributed by atoms with van der Waals surface area (Å²) in [6.45, 7) is 4.20. The number of pyridine rings is 1. The average Bonchev–Trinajstić information content (AvgIpc) is 2.84. The Labute approximate surface area is 123 Å². The Bertz CT molecular complexity index is 565. The van der Waals surface area contributed by atoms with Crippen molar-refractivity contribution >= 4 is 11.6 Å². The summed E-state index contributed by atoms with van der Waals surface area (Å²) in [6.07, 6.45) is 5.23. The molecule has 0 aliphatic rings. The minimum atomic E-state index is -0.970. The van der Waals surface area contributed by atoms with E-state index in [2.05, 4.69) is 15.4 Å². The van der Waals surface area contributed by atoms with Gasteiger partial charge in [0.05, 0.1) is 6.20 Å². The van der Waals surface area contributed by atoms with Crippen LogP contribution >= 0.6 is 11.6 Å². The van der Waals surface area contributed by atoms with Gasteiger partial charge in [-0.15, -0.1) is 0 Å². The van der Waals surface area contributed by atoms with Crippen LogP contribution in [-0.4, -0.2) is 26.4 Å². The minimum Gasteiger partial charge on any atom is -0.384 e. The standard InChI is InChI=1S/C14H19ClN4O/c1-10(11-4-5-13(15)16-6-11)17-9-14(2,20)12-7-18-19(3)8-12/h4-8,10,17,20H,9H2,1-3H3/t10-,14-/m1/s1. The molecule has 0 bridgehead atoms. The molecule has 0 amide bonds. The van der Waals surface area contributed by atoms with Gasteiger partial charge in [0.15, 0.2) is 0 Å². The predicted molar refractivity (Wildman–Crippen MR) is 78.4 cm³/mol. The molecule has 0 aliphatic carbocycles. The molecular formula is C14H19ClN4O. The molecule has 0 aliphatic heterocycles. The second kappa shape index (κ2) is 5.91. The Hall–Kier alpha value is -1.43. The van der Waals surface area contributed by atoms with E-state index in [1.54, 1.807) is 30.1 Å². The van der Waals surface area contributed by atoms with Gasteiger partial charge in [0.25, 0.3) is 0 Å². The van der Waals surface area contributed by atoms with E-state index in [0.717, 1.165) is 11.1 Å². The lowest BCUT2D eigenvalue weighted by Gasteiger charge is -2.25. The molecule has 0 spiro atoms. The fourth-order valence-corrected chi connectivity index (χ4v) is 2.03. The third kappa shape index (κ3) is 3.56. The zero-order valence-electron chi connectivity index (χ0n) is 11.8. The number of aryl methyl sites for hydroxylation is 1. The Morgan fingerprint density at radius 1 is 1.45 bits per heavy atom. The summed E-state index contributed by atoms with van der Waals surface area (Å²) in [7, 11) is 1.83. The molecule has 0 unspecified atom stereocenters. The van der Waals surface area contributed by atoms with Gasteiger partial charge >= 0.3 is 0 Å². The van der Waals surface area contributed by atoms with E-state index >= 15 is 0 Å². The summed E-state index contributed by atoms with van der Waals surface area (Å²) in [5.41, 5.74) is 0.841. The van der Waals surface area contributed by atoms with Crippen LogP contribution in [-0.2, 0) is 12.6 Å². The van der Waals surface area contributed by atoms with Gasteiger partial charge in [0.1, 0.15) is 10.8 Å². The fourth-order valence-electron chi connectivity index (χ4n) is 1.91. The maximum atomic E-state index is 10.5. The van der Waals surface area contributed by atoms with Crippen LogP contribution in [0.15, 0.2) is 30.7 Å². The number of halogens is 1. The molecule has 0 saturated carbocycles. The van der Waals surface area contributed by atoms with Gasteiger partial charge in [-0.3, -0.25) is 4.68 Å². The first-order valence-corrected chi connectivity index (χ1v) is 6.82. The minimum absolute atomic E-state index is 0.0721. The maximum absolute atomic E-state index is 10.5. The molecular weight excluding hydrogens is 276 g/mol. The second-order valence-corrected chi connectivity index (χ2v) is 5.58. The molecule has 2 N–H and O–H groups in total. The first kappa shape index (κ1) is 15.0. The van der Waals surface area contributed by atoms with Gasteiger partial charge < -0.3 is 10.4 Å². The fraction of sp³-hybridized carbons (Fsp3) is 0.429. The van der Waals surface area contributed by atoms with E-state index in [9.17, 15) is 5.11 Å². The molecule has 2 rings (SSSR count). The third-order valence-corrected chi connectivity index (χ3v) is 3.55. The van der Waals surface area contributed by atoms with E-state index in [1.165, 1.54) is 0 Å². The molecule has 0 saturated heterocycles. The molecule has 6 heteroatoms. The van der Waals surface area contributed by atoms with Gasteiger partial charge in [0, 0.05) is 37.6 Å². The molecule has 0 aromatic carbocycles. The van der Waals surface area contributed by atoms with Crippen molar-refractivity contribution in [1.82, 2.24) is 20.1 Å². The first-order chi connectivity index (χ1) is 9.38. The Balaban J connectivity index is 1.98. The van der Waals surface area contributed by atoms with Crippen molar-refractivity contribution in [2.24, 2.45) is 7.05 Å². The number of aliphatic hydroxyl groups is 1. The number of nitrogens with one attached hydrogen (secondary N) is 1. The summed E-state index contributed by atoms with van der Waals surface area (Å²) < 4.78 is 1.68. The predicted octanol–water partition coefficient (Wildman–Crippen LogP) is 2.03. The molecule has 2 aromatic rings. The van der Waals surface area contributed by atoms with Crippen molar-refractivity contribution in [2.45, 2.75) is 25.5 Å². The zero-order chi connectivity index (χ0) is 14.8. The van der Waals surface area contributed by atoms with Crippen LogP contribution in [0.1, 0.15) is 31.0 Å². The molecule has 108 valence electrons. The normalized spacial score (nSPS) is 15.8. The lowest BCUT2D eigenvalue weighted by Crippen LogP contribution is -2.36. The average molecular weight is 295 g/mol. The van der Waals surface area contributed by atoms with Gasteiger partial charge in [-0.05, 0) is 25.5 Å². The van der Waals surface area contributed by atoms with E-state index in [4.69, 9.17) is 11.6 Å². The largest absolute Gasteiger partial charge is 0.384 e. The number of hydrogen-bond acceptors (Lipinski definition) is 4. The topological polar surface area (TPSA) is 63.0 Å². The van der Waals surface area contributed by atoms with Crippen molar-refractivity contribution in [3.05, 3.63) is 47.0 Å². The van der Waals surface area contributed by atoms with E-state index in [0.29, 0.717) is 11.7 Å². The Kier molecular flexibility index (Phi) is 4.42. The lowest BCUT2D eigenvalue weighted by molar-refractivity contribution is 0.0543. The first-order valence-electron chi connectivity index (χ1n) is 6.45.